The molecule has 0 saturated heterocycles. The van der Waals surface area contributed by atoms with Gasteiger partial charge >= 0.3 is 0 Å². The van der Waals surface area contributed by atoms with Gasteiger partial charge in [-0.25, -0.2) is 13.8 Å². The van der Waals surface area contributed by atoms with Crippen molar-refractivity contribution in [3.8, 4) is 11.5 Å². The van der Waals surface area contributed by atoms with Crippen LogP contribution in [0, 0.1) is 19.7 Å². The third kappa shape index (κ3) is 3.90. The standard InChI is InChI=1S/C24H21FN6O3/c1-15-8-9-19(34-15)13-26-20(32)14-30-24(33)21-22(16(2)27-30)28-31(18-7-5-6-17(25)12-18)23(21)29-10-3-4-11-29/h3-12H,13-14H2,1-2H3,(H,26,32). The number of amides is 1. The minimum absolute atomic E-state index is 0.203. The molecule has 5 aromatic rings. The SMILES string of the molecule is Cc1ccc(CNC(=O)Cn2nc(C)c3nn(-c4cccc(F)c4)c(-n4cccc4)c3c2=O)o1. The summed E-state index contributed by atoms with van der Waals surface area (Å²) in [6.07, 6.45) is 3.54. The third-order valence-corrected chi connectivity index (χ3v) is 5.37. The van der Waals surface area contributed by atoms with Crippen molar-refractivity contribution in [2.75, 3.05) is 0 Å². The van der Waals surface area contributed by atoms with E-state index in [0.29, 0.717) is 28.5 Å². The molecule has 0 aliphatic rings. The van der Waals surface area contributed by atoms with Gasteiger partial charge in [0, 0.05) is 12.4 Å². The first kappa shape index (κ1) is 21.4. The van der Waals surface area contributed by atoms with Crippen molar-refractivity contribution in [2.45, 2.75) is 26.9 Å². The summed E-state index contributed by atoms with van der Waals surface area (Å²) in [4.78, 5) is 26.0. The number of hydrogen-bond acceptors (Lipinski definition) is 5. The van der Waals surface area contributed by atoms with Crippen LogP contribution in [0.1, 0.15) is 17.2 Å². The van der Waals surface area contributed by atoms with E-state index in [1.165, 1.54) is 16.8 Å². The van der Waals surface area contributed by atoms with Crippen LogP contribution in [0.5, 0.6) is 0 Å². The minimum atomic E-state index is -0.476. The van der Waals surface area contributed by atoms with Crippen LogP contribution in [-0.2, 0) is 17.9 Å². The summed E-state index contributed by atoms with van der Waals surface area (Å²) in [5.74, 6) is 0.982. The lowest BCUT2D eigenvalue weighted by molar-refractivity contribution is -0.122. The van der Waals surface area contributed by atoms with E-state index in [-0.39, 0.29) is 24.4 Å². The van der Waals surface area contributed by atoms with Crippen molar-refractivity contribution in [3.05, 3.63) is 94.3 Å². The maximum atomic E-state index is 14.0. The van der Waals surface area contributed by atoms with Crippen LogP contribution in [0.3, 0.4) is 0 Å². The summed E-state index contributed by atoms with van der Waals surface area (Å²) in [5.41, 5.74) is 0.820. The summed E-state index contributed by atoms with van der Waals surface area (Å²) in [7, 11) is 0. The average Bonchev–Trinajstić information content (AvgIpc) is 3.55. The topological polar surface area (TPSA) is 99.9 Å². The summed E-state index contributed by atoms with van der Waals surface area (Å²) in [6.45, 7) is 3.46. The Morgan fingerprint density at radius 1 is 1.09 bits per heavy atom. The Kier molecular flexibility index (Phi) is 5.33. The van der Waals surface area contributed by atoms with Gasteiger partial charge in [0.1, 0.15) is 34.8 Å². The van der Waals surface area contributed by atoms with Gasteiger partial charge in [-0.2, -0.15) is 10.2 Å². The zero-order valence-electron chi connectivity index (χ0n) is 18.5. The monoisotopic (exact) mass is 460 g/mol. The number of aromatic nitrogens is 5. The van der Waals surface area contributed by atoms with E-state index < -0.39 is 11.4 Å². The van der Waals surface area contributed by atoms with E-state index in [1.807, 2.05) is 25.1 Å². The number of nitrogens with one attached hydrogen (secondary N) is 1. The van der Waals surface area contributed by atoms with E-state index in [1.54, 1.807) is 42.1 Å². The fourth-order valence-electron chi connectivity index (χ4n) is 3.83. The molecule has 0 unspecified atom stereocenters. The quantitative estimate of drug-likeness (QED) is 0.420. The highest BCUT2D eigenvalue weighted by Crippen LogP contribution is 2.24. The molecule has 0 atom stereocenters. The van der Waals surface area contributed by atoms with Crippen LogP contribution in [0.4, 0.5) is 4.39 Å². The summed E-state index contributed by atoms with van der Waals surface area (Å²) < 4.78 is 23.8. The normalized spacial score (nSPS) is 11.3. The predicted octanol–water partition coefficient (Wildman–Crippen LogP) is 3.04. The Morgan fingerprint density at radius 3 is 2.59 bits per heavy atom. The molecule has 4 heterocycles. The minimum Gasteiger partial charge on any atom is -0.465 e. The molecule has 9 nitrogen and oxygen atoms in total. The lowest BCUT2D eigenvalue weighted by atomic mass is 10.2. The maximum absolute atomic E-state index is 14.0. The molecule has 0 aliphatic heterocycles. The zero-order chi connectivity index (χ0) is 23.8. The van der Waals surface area contributed by atoms with Crippen LogP contribution in [-0.4, -0.2) is 30.0 Å². The molecule has 0 fully saturated rings. The molecule has 10 heteroatoms. The van der Waals surface area contributed by atoms with E-state index in [2.05, 4.69) is 15.5 Å². The van der Waals surface area contributed by atoms with Gasteiger partial charge in [-0.05, 0) is 56.3 Å². The summed E-state index contributed by atoms with van der Waals surface area (Å²) in [5, 5.41) is 11.9. The Labute approximate surface area is 193 Å². The fraction of sp³-hybridized carbons (Fsp3) is 0.167. The van der Waals surface area contributed by atoms with Gasteiger partial charge in [-0.15, -0.1) is 0 Å². The number of carbonyl (C=O) groups excluding carboxylic acids is 1. The highest BCUT2D eigenvalue weighted by Gasteiger charge is 2.22. The Bertz CT molecular complexity index is 1560. The van der Waals surface area contributed by atoms with Gasteiger partial charge < -0.3 is 14.3 Å². The fourth-order valence-corrected chi connectivity index (χ4v) is 3.83. The van der Waals surface area contributed by atoms with E-state index in [4.69, 9.17) is 4.42 Å². The highest BCUT2D eigenvalue weighted by atomic mass is 19.1. The van der Waals surface area contributed by atoms with E-state index in [0.717, 1.165) is 10.4 Å². The summed E-state index contributed by atoms with van der Waals surface area (Å²) >= 11 is 0. The number of furan rings is 1. The summed E-state index contributed by atoms with van der Waals surface area (Å²) in [6, 6.07) is 13.2. The Hall–Kier alpha value is -4.47. The third-order valence-electron chi connectivity index (χ3n) is 5.37. The van der Waals surface area contributed by atoms with Crippen LogP contribution in [0.2, 0.25) is 0 Å². The molecule has 4 aromatic heterocycles. The number of aryl methyl sites for hydroxylation is 2. The van der Waals surface area contributed by atoms with Crippen molar-refractivity contribution >= 4 is 16.8 Å². The van der Waals surface area contributed by atoms with Crippen LogP contribution in [0.15, 0.2) is 70.1 Å². The molecule has 0 aliphatic carbocycles. The molecular weight excluding hydrogens is 439 g/mol. The molecule has 0 bridgehead atoms. The molecule has 1 amide bonds. The first-order valence-electron chi connectivity index (χ1n) is 10.6. The Morgan fingerprint density at radius 2 is 1.88 bits per heavy atom. The predicted molar refractivity (Wildman–Crippen MR) is 122 cm³/mol. The van der Waals surface area contributed by atoms with Crippen LogP contribution < -0.4 is 10.9 Å². The van der Waals surface area contributed by atoms with Gasteiger partial charge in [0.25, 0.3) is 5.56 Å². The van der Waals surface area contributed by atoms with Gasteiger partial charge in [0.2, 0.25) is 5.91 Å². The Balaban J connectivity index is 1.58. The second-order valence-electron chi connectivity index (χ2n) is 7.87. The first-order valence-corrected chi connectivity index (χ1v) is 10.6. The number of hydrogen-bond donors (Lipinski definition) is 1. The van der Waals surface area contributed by atoms with Crippen molar-refractivity contribution in [3.63, 3.8) is 0 Å². The lowest BCUT2D eigenvalue weighted by Gasteiger charge is -2.09. The van der Waals surface area contributed by atoms with Gasteiger partial charge in [0.15, 0.2) is 5.82 Å². The smallest absolute Gasteiger partial charge is 0.280 e. The largest absolute Gasteiger partial charge is 0.465 e. The van der Waals surface area contributed by atoms with Crippen LogP contribution >= 0.6 is 0 Å². The number of rotatable bonds is 6. The van der Waals surface area contributed by atoms with Gasteiger partial charge in [0.05, 0.1) is 17.9 Å². The van der Waals surface area contributed by atoms with Crippen molar-refractivity contribution < 1.29 is 13.6 Å². The van der Waals surface area contributed by atoms with Crippen molar-refractivity contribution in [1.82, 2.24) is 29.4 Å². The molecule has 1 N–H and O–H groups in total. The second-order valence-corrected chi connectivity index (χ2v) is 7.87. The van der Waals surface area contributed by atoms with Crippen LogP contribution in [0.25, 0.3) is 22.4 Å². The number of halogens is 1. The van der Waals surface area contributed by atoms with E-state index in [9.17, 15) is 14.0 Å². The molecule has 0 spiro atoms. The highest BCUT2D eigenvalue weighted by molar-refractivity contribution is 5.88. The van der Waals surface area contributed by atoms with Crippen molar-refractivity contribution in [1.29, 1.82) is 0 Å². The number of fused-ring (bicyclic) bond motifs is 1. The number of carbonyl (C=O) groups is 1. The maximum Gasteiger partial charge on any atom is 0.280 e. The average molecular weight is 460 g/mol. The number of nitrogens with zero attached hydrogens (tertiary/aromatic N) is 5. The molecule has 1 aromatic carbocycles. The molecule has 0 radical (unpaired) electrons. The zero-order valence-corrected chi connectivity index (χ0v) is 18.5. The lowest BCUT2D eigenvalue weighted by Crippen LogP contribution is -2.34. The van der Waals surface area contributed by atoms with Gasteiger partial charge in [-0.1, -0.05) is 6.07 Å². The van der Waals surface area contributed by atoms with Gasteiger partial charge in [-0.3, -0.25) is 9.59 Å². The molecular formula is C24H21FN6O3. The molecule has 34 heavy (non-hydrogen) atoms. The van der Waals surface area contributed by atoms with E-state index >= 15 is 0 Å². The first-order chi connectivity index (χ1) is 16.4. The molecule has 172 valence electrons. The second kappa shape index (κ2) is 8.47. The molecule has 5 rings (SSSR count). The molecule has 0 saturated carbocycles. The number of benzene rings is 1. The van der Waals surface area contributed by atoms with Crippen molar-refractivity contribution in [2.24, 2.45) is 0 Å².